The number of carboxylic acid groups (broad SMARTS) is 1. The Hall–Kier alpha value is -1.43. The van der Waals surface area contributed by atoms with E-state index in [4.69, 9.17) is 10.2 Å². The standard InChI is InChI=1S/C11H14O5/c12-6-9(13)11(16)8-3-1-7(2-4-8)5-10(14)15/h1-4,9,11-13,16H,5-6H2,(H,14,15). The first-order chi connectivity index (χ1) is 7.54. The lowest BCUT2D eigenvalue weighted by Gasteiger charge is -2.15. The van der Waals surface area contributed by atoms with Crippen molar-refractivity contribution in [3.63, 3.8) is 0 Å². The van der Waals surface area contributed by atoms with Gasteiger partial charge in [-0.3, -0.25) is 4.79 Å². The smallest absolute Gasteiger partial charge is 0.307 e. The number of carboxylic acids is 1. The van der Waals surface area contributed by atoms with Gasteiger partial charge in [-0.2, -0.15) is 0 Å². The summed E-state index contributed by atoms with van der Waals surface area (Å²) in [6.45, 7) is -0.530. The highest BCUT2D eigenvalue weighted by Crippen LogP contribution is 2.17. The zero-order valence-electron chi connectivity index (χ0n) is 8.58. The average molecular weight is 226 g/mol. The first-order valence-electron chi connectivity index (χ1n) is 4.82. The van der Waals surface area contributed by atoms with Gasteiger partial charge in [0.2, 0.25) is 0 Å². The molecule has 0 amide bonds. The topological polar surface area (TPSA) is 98.0 Å². The van der Waals surface area contributed by atoms with Crippen molar-refractivity contribution in [3.8, 4) is 0 Å². The van der Waals surface area contributed by atoms with Gasteiger partial charge in [-0.25, -0.2) is 0 Å². The predicted molar refractivity (Wildman–Crippen MR) is 55.8 cm³/mol. The lowest BCUT2D eigenvalue weighted by Crippen LogP contribution is -2.21. The monoisotopic (exact) mass is 226 g/mol. The van der Waals surface area contributed by atoms with E-state index >= 15 is 0 Å². The molecule has 16 heavy (non-hydrogen) atoms. The molecule has 88 valence electrons. The summed E-state index contributed by atoms with van der Waals surface area (Å²) in [7, 11) is 0. The van der Waals surface area contributed by atoms with Crippen molar-refractivity contribution in [2.75, 3.05) is 6.61 Å². The van der Waals surface area contributed by atoms with Crippen LogP contribution >= 0.6 is 0 Å². The van der Waals surface area contributed by atoms with Gasteiger partial charge >= 0.3 is 5.97 Å². The van der Waals surface area contributed by atoms with Crippen LogP contribution in [0.3, 0.4) is 0 Å². The Bertz CT molecular complexity index is 346. The molecule has 0 saturated heterocycles. The van der Waals surface area contributed by atoms with E-state index in [2.05, 4.69) is 0 Å². The van der Waals surface area contributed by atoms with Crippen LogP contribution in [0.2, 0.25) is 0 Å². The van der Waals surface area contributed by atoms with Crippen LogP contribution in [0.25, 0.3) is 0 Å². The van der Waals surface area contributed by atoms with Gasteiger partial charge in [0, 0.05) is 0 Å². The highest BCUT2D eigenvalue weighted by molar-refractivity contribution is 5.70. The SMILES string of the molecule is O=C(O)Cc1ccc(C(O)C(O)CO)cc1. The van der Waals surface area contributed by atoms with Crippen molar-refractivity contribution in [2.45, 2.75) is 18.6 Å². The normalized spacial score (nSPS) is 14.4. The molecule has 4 N–H and O–H groups in total. The zero-order chi connectivity index (χ0) is 12.1. The number of carbonyl (C=O) groups is 1. The molecule has 2 unspecified atom stereocenters. The summed E-state index contributed by atoms with van der Waals surface area (Å²) >= 11 is 0. The van der Waals surface area contributed by atoms with Gasteiger partial charge in [0.15, 0.2) is 0 Å². The van der Waals surface area contributed by atoms with Gasteiger partial charge < -0.3 is 20.4 Å². The fourth-order valence-corrected chi connectivity index (χ4v) is 1.33. The third kappa shape index (κ3) is 3.30. The molecule has 0 saturated carbocycles. The first kappa shape index (κ1) is 12.6. The summed E-state index contributed by atoms with van der Waals surface area (Å²) in [5.41, 5.74) is 1.05. The quantitative estimate of drug-likeness (QED) is 0.552. The van der Waals surface area contributed by atoms with E-state index in [-0.39, 0.29) is 6.42 Å². The Kier molecular flexibility index (Phi) is 4.42. The molecule has 0 spiro atoms. The summed E-state index contributed by atoms with van der Waals surface area (Å²) < 4.78 is 0. The maximum atomic E-state index is 10.4. The summed E-state index contributed by atoms with van der Waals surface area (Å²) in [6, 6.07) is 6.19. The number of aliphatic hydroxyl groups excluding tert-OH is 3. The Morgan fingerprint density at radius 1 is 1.19 bits per heavy atom. The number of hydrogen-bond donors (Lipinski definition) is 4. The molecule has 5 nitrogen and oxygen atoms in total. The molecule has 1 aromatic rings. The van der Waals surface area contributed by atoms with E-state index < -0.39 is 24.8 Å². The average Bonchev–Trinajstić information content (AvgIpc) is 2.27. The van der Waals surface area contributed by atoms with Crippen LogP contribution in [0, 0.1) is 0 Å². The van der Waals surface area contributed by atoms with Crippen molar-refractivity contribution >= 4 is 5.97 Å². The number of aliphatic hydroxyl groups is 3. The van der Waals surface area contributed by atoms with Crippen LogP contribution in [0.1, 0.15) is 17.2 Å². The van der Waals surface area contributed by atoms with Crippen molar-refractivity contribution in [3.05, 3.63) is 35.4 Å². The molecule has 0 aliphatic rings. The number of aliphatic carboxylic acids is 1. The van der Waals surface area contributed by atoms with E-state index in [1.165, 1.54) is 12.1 Å². The van der Waals surface area contributed by atoms with Gasteiger partial charge in [0.1, 0.15) is 12.2 Å². The lowest BCUT2D eigenvalue weighted by atomic mass is 10.0. The fraction of sp³-hybridized carbons (Fsp3) is 0.364. The van der Waals surface area contributed by atoms with E-state index in [0.29, 0.717) is 11.1 Å². The van der Waals surface area contributed by atoms with E-state index in [0.717, 1.165) is 0 Å². The minimum absolute atomic E-state index is 0.0844. The molecular weight excluding hydrogens is 212 g/mol. The molecule has 1 rings (SSSR count). The minimum atomic E-state index is -1.23. The molecule has 1 aromatic carbocycles. The second kappa shape index (κ2) is 5.60. The third-order valence-corrected chi connectivity index (χ3v) is 2.23. The van der Waals surface area contributed by atoms with E-state index in [9.17, 15) is 15.0 Å². The Labute approximate surface area is 92.6 Å². The van der Waals surface area contributed by atoms with Gasteiger partial charge in [-0.1, -0.05) is 24.3 Å². The van der Waals surface area contributed by atoms with E-state index in [1.54, 1.807) is 12.1 Å². The number of hydrogen-bond acceptors (Lipinski definition) is 4. The van der Waals surface area contributed by atoms with Crippen LogP contribution in [0.4, 0.5) is 0 Å². The molecule has 0 aromatic heterocycles. The van der Waals surface area contributed by atoms with Crippen molar-refractivity contribution in [1.29, 1.82) is 0 Å². The van der Waals surface area contributed by atoms with Gasteiger partial charge in [-0.15, -0.1) is 0 Å². The highest BCUT2D eigenvalue weighted by Gasteiger charge is 2.17. The van der Waals surface area contributed by atoms with Crippen molar-refractivity contribution in [1.82, 2.24) is 0 Å². The Balaban J connectivity index is 2.74. The third-order valence-electron chi connectivity index (χ3n) is 2.23. The Morgan fingerprint density at radius 3 is 2.19 bits per heavy atom. The molecule has 0 heterocycles. The summed E-state index contributed by atoms with van der Waals surface area (Å²) in [6.07, 6.45) is -2.48. The predicted octanol–water partition coefficient (Wildman–Crippen LogP) is -0.300. The van der Waals surface area contributed by atoms with Crippen molar-refractivity contribution in [2.24, 2.45) is 0 Å². The molecule has 0 radical (unpaired) electrons. The van der Waals surface area contributed by atoms with Crippen LogP contribution in [-0.4, -0.2) is 39.1 Å². The molecule has 0 bridgehead atoms. The first-order valence-corrected chi connectivity index (χ1v) is 4.82. The second-order valence-corrected chi connectivity index (χ2v) is 3.51. The molecule has 0 fully saturated rings. The van der Waals surface area contributed by atoms with Gasteiger partial charge in [0.25, 0.3) is 0 Å². The van der Waals surface area contributed by atoms with Crippen LogP contribution < -0.4 is 0 Å². The van der Waals surface area contributed by atoms with Crippen LogP contribution in [-0.2, 0) is 11.2 Å². The number of rotatable bonds is 5. The van der Waals surface area contributed by atoms with Gasteiger partial charge in [-0.05, 0) is 11.1 Å². The maximum absolute atomic E-state index is 10.4. The largest absolute Gasteiger partial charge is 0.481 e. The molecule has 5 heteroatoms. The van der Waals surface area contributed by atoms with Crippen molar-refractivity contribution < 1.29 is 25.2 Å². The van der Waals surface area contributed by atoms with Crippen LogP contribution in [0.5, 0.6) is 0 Å². The second-order valence-electron chi connectivity index (χ2n) is 3.51. The molecule has 0 aliphatic carbocycles. The molecular formula is C11H14O5. The maximum Gasteiger partial charge on any atom is 0.307 e. The summed E-state index contributed by atoms with van der Waals surface area (Å²) in [4.78, 5) is 10.4. The van der Waals surface area contributed by atoms with E-state index in [1.807, 2.05) is 0 Å². The summed E-state index contributed by atoms with van der Waals surface area (Å²) in [5, 5.41) is 35.9. The van der Waals surface area contributed by atoms with Crippen LogP contribution in [0.15, 0.2) is 24.3 Å². The lowest BCUT2D eigenvalue weighted by molar-refractivity contribution is -0.136. The molecule has 2 atom stereocenters. The van der Waals surface area contributed by atoms with Gasteiger partial charge in [0.05, 0.1) is 13.0 Å². The Morgan fingerprint density at radius 2 is 1.75 bits per heavy atom. The zero-order valence-corrected chi connectivity index (χ0v) is 8.58. The highest BCUT2D eigenvalue weighted by atomic mass is 16.4. The minimum Gasteiger partial charge on any atom is -0.481 e. The molecule has 0 aliphatic heterocycles. The summed E-state index contributed by atoms with van der Waals surface area (Å²) in [5.74, 6) is -0.927. The fourth-order valence-electron chi connectivity index (χ4n) is 1.33. The number of benzene rings is 1.